The molecule has 0 aromatic rings. The summed E-state index contributed by atoms with van der Waals surface area (Å²) in [6.45, 7) is 1.15. The van der Waals surface area contributed by atoms with E-state index in [1.54, 1.807) is 0 Å². The fraction of sp³-hybridized carbons (Fsp3) is 0.875. The monoisotopic (exact) mass is 214 g/mol. The van der Waals surface area contributed by atoms with Crippen LogP contribution in [0.5, 0.6) is 0 Å². The Hall–Kier alpha value is -0.780. The molecule has 0 saturated carbocycles. The fourth-order valence-electron chi connectivity index (χ4n) is 0.758. The van der Waals surface area contributed by atoms with Gasteiger partial charge in [-0.15, -0.1) is 0 Å². The molecule has 3 nitrogen and oxygen atoms in total. The minimum atomic E-state index is -4.63. The molecule has 0 radical (unpaired) electrons. The number of ether oxygens (including phenoxy) is 1. The van der Waals surface area contributed by atoms with Gasteiger partial charge in [-0.1, -0.05) is 6.92 Å². The van der Waals surface area contributed by atoms with Crippen molar-refractivity contribution in [1.29, 1.82) is 0 Å². The van der Waals surface area contributed by atoms with Gasteiger partial charge >= 0.3 is 12.1 Å². The maximum atomic E-state index is 12.4. The van der Waals surface area contributed by atoms with Crippen molar-refractivity contribution in [3.05, 3.63) is 0 Å². The zero-order valence-corrected chi connectivity index (χ0v) is 8.02. The highest BCUT2D eigenvalue weighted by Crippen LogP contribution is 2.41. The molecule has 0 saturated heterocycles. The average molecular weight is 214 g/mol. The first-order valence-electron chi connectivity index (χ1n) is 4.14. The predicted molar refractivity (Wildman–Crippen MR) is 42.5 cm³/mol. The highest BCUT2D eigenvalue weighted by Gasteiger charge is 2.56. The van der Waals surface area contributed by atoms with Gasteiger partial charge in [-0.2, -0.15) is 13.2 Å². The van der Waals surface area contributed by atoms with Crippen LogP contribution in [0.4, 0.5) is 13.2 Å². The first kappa shape index (κ1) is 13.2. The summed E-state index contributed by atoms with van der Waals surface area (Å²) in [5.41, 5.74) is -2.48. The van der Waals surface area contributed by atoms with E-state index in [-0.39, 0.29) is 6.42 Å². The number of esters is 1. The van der Waals surface area contributed by atoms with Crippen molar-refractivity contribution in [2.75, 3.05) is 13.2 Å². The summed E-state index contributed by atoms with van der Waals surface area (Å²) in [4.78, 5) is 11.0. The van der Waals surface area contributed by atoms with Crippen LogP contribution in [0.15, 0.2) is 0 Å². The van der Waals surface area contributed by atoms with Gasteiger partial charge in [0.2, 0.25) is 0 Å². The van der Waals surface area contributed by atoms with Gasteiger partial charge in [-0.05, 0) is 13.3 Å². The number of carbonyl (C=O) groups excluding carboxylic acids is 1. The molecule has 0 fully saturated rings. The maximum Gasteiger partial charge on any atom is 0.404 e. The van der Waals surface area contributed by atoms with Gasteiger partial charge in [0.15, 0.2) is 5.41 Å². The Morgan fingerprint density at radius 2 is 1.93 bits per heavy atom. The molecule has 0 amide bonds. The Bertz CT molecular complexity index is 202. The van der Waals surface area contributed by atoms with E-state index in [1.807, 2.05) is 0 Å². The van der Waals surface area contributed by atoms with Crippen LogP contribution in [-0.4, -0.2) is 30.5 Å². The van der Waals surface area contributed by atoms with E-state index in [9.17, 15) is 18.0 Å². The van der Waals surface area contributed by atoms with Gasteiger partial charge in [0, 0.05) is 0 Å². The van der Waals surface area contributed by atoms with Crippen LogP contribution in [0.3, 0.4) is 0 Å². The quantitative estimate of drug-likeness (QED) is 0.721. The van der Waals surface area contributed by atoms with Crippen LogP contribution in [0, 0.1) is 5.41 Å². The van der Waals surface area contributed by atoms with E-state index in [0.717, 1.165) is 6.92 Å². The smallest absolute Gasteiger partial charge is 0.404 e. The highest BCUT2D eigenvalue weighted by molar-refractivity contribution is 5.77. The van der Waals surface area contributed by atoms with Crippen molar-refractivity contribution in [2.24, 2.45) is 5.41 Å². The molecule has 0 aliphatic carbocycles. The standard InChI is InChI=1S/C8H13F3O3/c1-3-7(2,8(9,10)11)6(13)14-5-4-12/h12H,3-5H2,1-2H3. The molecule has 0 bridgehead atoms. The summed E-state index contributed by atoms with van der Waals surface area (Å²) in [6.07, 6.45) is -5.02. The lowest BCUT2D eigenvalue weighted by atomic mass is 9.87. The van der Waals surface area contributed by atoms with Crippen LogP contribution < -0.4 is 0 Å². The van der Waals surface area contributed by atoms with Crippen molar-refractivity contribution in [3.8, 4) is 0 Å². The number of halogens is 3. The number of alkyl halides is 3. The lowest BCUT2D eigenvalue weighted by molar-refractivity contribution is -0.231. The molecule has 6 heteroatoms. The Morgan fingerprint density at radius 3 is 2.21 bits per heavy atom. The molecule has 0 spiro atoms. The minimum absolute atomic E-state index is 0.388. The van der Waals surface area contributed by atoms with E-state index >= 15 is 0 Å². The minimum Gasteiger partial charge on any atom is -0.463 e. The largest absolute Gasteiger partial charge is 0.463 e. The average Bonchev–Trinajstić information content (AvgIpc) is 2.10. The highest BCUT2D eigenvalue weighted by atomic mass is 19.4. The van der Waals surface area contributed by atoms with Gasteiger partial charge < -0.3 is 9.84 Å². The summed E-state index contributed by atoms with van der Waals surface area (Å²) < 4.78 is 41.5. The molecule has 1 atom stereocenters. The Labute approximate surface area is 79.9 Å². The molecular formula is C8H13F3O3. The molecule has 0 aliphatic rings. The number of hydrogen-bond donors (Lipinski definition) is 1. The second-order valence-electron chi connectivity index (χ2n) is 3.04. The second kappa shape index (κ2) is 4.63. The number of hydrogen-bond acceptors (Lipinski definition) is 3. The van der Waals surface area contributed by atoms with E-state index in [1.165, 1.54) is 6.92 Å². The molecule has 1 N–H and O–H groups in total. The van der Waals surface area contributed by atoms with Crippen molar-refractivity contribution in [1.82, 2.24) is 0 Å². The summed E-state index contributed by atoms with van der Waals surface area (Å²) in [7, 11) is 0. The Morgan fingerprint density at radius 1 is 1.43 bits per heavy atom. The van der Waals surface area contributed by atoms with Crippen LogP contribution >= 0.6 is 0 Å². The van der Waals surface area contributed by atoms with Crippen LogP contribution in [0.2, 0.25) is 0 Å². The SMILES string of the molecule is CCC(C)(C(=O)OCCO)C(F)(F)F. The van der Waals surface area contributed by atoms with Crippen LogP contribution in [0.25, 0.3) is 0 Å². The van der Waals surface area contributed by atoms with Gasteiger partial charge in [-0.3, -0.25) is 4.79 Å². The first-order chi connectivity index (χ1) is 6.29. The third kappa shape index (κ3) is 2.60. The number of carbonyl (C=O) groups is 1. The lowest BCUT2D eigenvalue weighted by Crippen LogP contribution is -2.43. The zero-order valence-electron chi connectivity index (χ0n) is 8.02. The van der Waals surface area contributed by atoms with Crippen LogP contribution in [0.1, 0.15) is 20.3 Å². The number of rotatable bonds is 4. The zero-order chi connectivity index (χ0) is 11.4. The lowest BCUT2D eigenvalue weighted by Gasteiger charge is -2.28. The first-order valence-corrected chi connectivity index (χ1v) is 4.14. The van der Waals surface area contributed by atoms with Crippen molar-refractivity contribution < 1.29 is 27.8 Å². The van der Waals surface area contributed by atoms with E-state index in [0.29, 0.717) is 0 Å². The summed E-state index contributed by atoms with van der Waals surface area (Å²) in [6, 6.07) is 0. The summed E-state index contributed by atoms with van der Waals surface area (Å²) in [5.74, 6) is -1.35. The van der Waals surface area contributed by atoms with Gasteiger partial charge in [0.1, 0.15) is 6.61 Å². The third-order valence-electron chi connectivity index (χ3n) is 2.11. The van der Waals surface area contributed by atoms with Crippen LogP contribution in [-0.2, 0) is 9.53 Å². The van der Waals surface area contributed by atoms with Gasteiger partial charge in [0.05, 0.1) is 6.61 Å². The van der Waals surface area contributed by atoms with Crippen molar-refractivity contribution in [3.63, 3.8) is 0 Å². The molecule has 0 aromatic carbocycles. The fourth-order valence-corrected chi connectivity index (χ4v) is 0.758. The topological polar surface area (TPSA) is 46.5 Å². The Balaban J connectivity index is 4.61. The van der Waals surface area contributed by atoms with E-state index in [4.69, 9.17) is 5.11 Å². The molecule has 0 aromatic heterocycles. The maximum absolute atomic E-state index is 12.4. The molecule has 14 heavy (non-hydrogen) atoms. The normalized spacial score (nSPS) is 16.1. The molecular weight excluding hydrogens is 201 g/mol. The summed E-state index contributed by atoms with van der Waals surface area (Å²) in [5, 5.41) is 8.30. The van der Waals surface area contributed by atoms with Gasteiger partial charge in [-0.25, -0.2) is 0 Å². The predicted octanol–water partition coefficient (Wildman–Crippen LogP) is 1.50. The molecule has 0 aliphatic heterocycles. The van der Waals surface area contributed by atoms with E-state index in [2.05, 4.69) is 4.74 Å². The number of aliphatic hydroxyl groups excluding tert-OH is 1. The third-order valence-corrected chi connectivity index (χ3v) is 2.11. The molecule has 0 rings (SSSR count). The van der Waals surface area contributed by atoms with Crippen molar-refractivity contribution in [2.45, 2.75) is 26.4 Å². The Kier molecular flexibility index (Phi) is 4.38. The van der Waals surface area contributed by atoms with Gasteiger partial charge in [0.25, 0.3) is 0 Å². The molecule has 0 heterocycles. The molecule has 84 valence electrons. The number of aliphatic hydroxyl groups is 1. The second-order valence-corrected chi connectivity index (χ2v) is 3.04. The molecule has 1 unspecified atom stereocenters. The van der Waals surface area contributed by atoms with E-state index < -0.39 is 30.8 Å². The van der Waals surface area contributed by atoms with Crippen molar-refractivity contribution >= 4 is 5.97 Å². The summed E-state index contributed by atoms with van der Waals surface area (Å²) >= 11 is 0.